The van der Waals surface area contributed by atoms with Crippen LogP contribution in [0.2, 0.25) is 0 Å². The SMILES string of the molecule is CCCn1cc2ncnc-2nc1N. The van der Waals surface area contributed by atoms with E-state index in [2.05, 4.69) is 21.9 Å². The van der Waals surface area contributed by atoms with Gasteiger partial charge in [-0.05, 0) is 6.42 Å². The van der Waals surface area contributed by atoms with Crippen molar-refractivity contribution in [1.82, 2.24) is 19.5 Å². The predicted octanol–water partition coefficient (Wildman–Crippen LogP) is 0.770. The first-order valence-corrected chi connectivity index (χ1v) is 4.24. The van der Waals surface area contributed by atoms with E-state index < -0.39 is 0 Å². The first-order valence-electron chi connectivity index (χ1n) is 4.24. The van der Waals surface area contributed by atoms with E-state index in [0.717, 1.165) is 18.7 Å². The third-order valence-corrected chi connectivity index (χ3v) is 1.86. The fourth-order valence-electron chi connectivity index (χ4n) is 1.25. The Morgan fingerprint density at radius 2 is 2.31 bits per heavy atom. The van der Waals surface area contributed by atoms with Crippen molar-refractivity contribution in [2.24, 2.45) is 0 Å². The van der Waals surface area contributed by atoms with Gasteiger partial charge < -0.3 is 10.3 Å². The number of aromatic nitrogens is 4. The number of nitrogens with zero attached hydrogens (tertiary/aromatic N) is 4. The fraction of sp³-hybridized carbons (Fsp3) is 0.375. The molecule has 0 saturated carbocycles. The standard InChI is InChI=1S/C8H11N5/c1-2-3-13-4-6-7(11-5-10-6)12-8(13)9/h4-5H,2-3H2,1H3,(H2,9,10,11,12). The van der Waals surface area contributed by atoms with Gasteiger partial charge in [-0.1, -0.05) is 6.92 Å². The highest BCUT2D eigenvalue weighted by Crippen LogP contribution is 2.15. The molecule has 68 valence electrons. The molecule has 5 heteroatoms. The van der Waals surface area contributed by atoms with Crippen LogP contribution in [0.15, 0.2) is 12.5 Å². The smallest absolute Gasteiger partial charge is 0.202 e. The van der Waals surface area contributed by atoms with Crippen LogP contribution in [0.4, 0.5) is 5.95 Å². The highest BCUT2D eigenvalue weighted by Gasteiger charge is 2.09. The second kappa shape index (κ2) is 3.01. The summed E-state index contributed by atoms with van der Waals surface area (Å²) < 4.78 is 1.89. The van der Waals surface area contributed by atoms with E-state index in [4.69, 9.17) is 5.73 Å². The van der Waals surface area contributed by atoms with Crippen molar-refractivity contribution < 1.29 is 0 Å². The Labute approximate surface area is 76.0 Å². The van der Waals surface area contributed by atoms with Crippen LogP contribution in [0.25, 0.3) is 11.5 Å². The number of hydrogen-bond acceptors (Lipinski definition) is 4. The normalized spacial score (nSPS) is 10.8. The molecule has 0 bridgehead atoms. The van der Waals surface area contributed by atoms with E-state index in [1.807, 2.05) is 10.8 Å². The van der Waals surface area contributed by atoms with Crippen molar-refractivity contribution in [1.29, 1.82) is 0 Å². The summed E-state index contributed by atoms with van der Waals surface area (Å²) in [6.07, 6.45) is 4.40. The van der Waals surface area contributed by atoms with Gasteiger partial charge in [0.05, 0.1) is 0 Å². The van der Waals surface area contributed by atoms with Crippen molar-refractivity contribution in [2.45, 2.75) is 19.9 Å². The second-order valence-corrected chi connectivity index (χ2v) is 2.88. The summed E-state index contributed by atoms with van der Waals surface area (Å²) in [4.78, 5) is 12.1. The number of nitrogen functional groups attached to an aromatic ring is 1. The van der Waals surface area contributed by atoms with Crippen LogP contribution in [0.3, 0.4) is 0 Å². The van der Waals surface area contributed by atoms with Gasteiger partial charge in [0.25, 0.3) is 0 Å². The van der Waals surface area contributed by atoms with Gasteiger partial charge in [0.15, 0.2) is 5.82 Å². The lowest BCUT2D eigenvalue weighted by molar-refractivity contribution is 0.671. The molecule has 0 aromatic rings. The highest BCUT2D eigenvalue weighted by molar-refractivity contribution is 5.51. The predicted molar refractivity (Wildman–Crippen MR) is 49.1 cm³/mol. The van der Waals surface area contributed by atoms with Gasteiger partial charge >= 0.3 is 0 Å². The number of rotatable bonds is 2. The molecular weight excluding hydrogens is 166 g/mol. The molecule has 2 N–H and O–H groups in total. The summed E-state index contributed by atoms with van der Waals surface area (Å²) in [5.74, 6) is 1.11. The van der Waals surface area contributed by atoms with Crippen LogP contribution in [0, 0.1) is 0 Å². The van der Waals surface area contributed by atoms with Crippen LogP contribution in [0.1, 0.15) is 13.3 Å². The lowest BCUT2D eigenvalue weighted by atomic mass is 10.4. The number of aryl methyl sites for hydroxylation is 1. The van der Waals surface area contributed by atoms with E-state index in [-0.39, 0.29) is 0 Å². The van der Waals surface area contributed by atoms with Crippen LogP contribution in [-0.4, -0.2) is 19.5 Å². The van der Waals surface area contributed by atoms with Gasteiger partial charge in [0, 0.05) is 12.7 Å². The molecule has 2 aliphatic heterocycles. The average Bonchev–Trinajstić information content (AvgIpc) is 2.52. The van der Waals surface area contributed by atoms with Crippen molar-refractivity contribution in [2.75, 3.05) is 5.73 Å². The Hall–Kier alpha value is -1.65. The third kappa shape index (κ3) is 1.32. The molecule has 5 nitrogen and oxygen atoms in total. The molecule has 0 unspecified atom stereocenters. The van der Waals surface area contributed by atoms with Gasteiger partial charge in [-0.2, -0.15) is 4.98 Å². The maximum atomic E-state index is 5.72. The minimum Gasteiger partial charge on any atom is -0.369 e. The fourth-order valence-corrected chi connectivity index (χ4v) is 1.25. The Balaban J connectivity index is 2.51. The Morgan fingerprint density at radius 3 is 3.08 bits per heavy atom. The first-order chi connectivity index (χ1) is 6.31. The van der Waals surface area contributed by atoms with Gasteiger partial charge in [0.1, 0.15) is 12.0 Å². The van der Waals surface area contributed by atoms with Crippen molar-refractivity contribution in [3.05, 3.63) is 12.5 Å². The zero-order chi connectivity index (χ0) is 9.26. The maximum Gasteiger partial charge on any atom is 0.202 e. The summed E-state index contributed by atoms with van der Waals surface area (Å²) >= 11 is 0. The number of nitrogens with two attached hydrogens (primary N) is 1. The molecule has 0 atom stereocenters. The van der Waals surface area contributed by atoms with Crippen molar-refractivity contribution in [3.8, 4) is 11.5 Å². The molecule has 0 fully saturated rings. The van der Waals surface area contributed by atoms with E-state index in [0.29, 0.717) is 11.8 Å². The topological polar surface area (TPSA) is 69.6 Å². The lowest BCUT2D eigenvalue weighted by Crippen LogP contribution is -2.09. The van der Waals surface area contributed by atoms with Crippen LogP contribution in [0.5, 0.6) is 0 Å². The molecule has 2 heterocycles. The van der Waals surface area contributed by atoms with E-state index >= 15 is 0 Å². The average molecular weight is 177 g/mol. The number of imidazole rings is 1. The largest absolute Gasteiger partial charge is 0.369 e. The molecule has 0 amide bonds. The quantitative estimate of drug-likeness (QED) is 0.735. The Bertz CT molecular complexity index is 380. The molecule has 0 aromatic heterocycles. The molecule has 2 rings (SSSR count). The molecule has 0 saturated heterocycles. The van der Waals surface area contributed by atoms with Crippen LogP contribution >= 0.6 is 0 Å². The molecule has 0 aliphatic carbocycles. The molecular formula is C8H11N5. The minimum atomic E-state index is 0.495. The summed E-state index contributed by atoms with van der Waals surface area (Å²) in [6, 6.07) is 0. The van der Waals surface area contributed by atoms with Gasteiger partial charge in [-0.25, -0.2) is 9.97 Å². The summed E-state index contributed by atoms with van der Waals surface area (Å²) in [5, 5.41) is 0. The second-order valence-electron chi connectivity index (χ2n) is 2.88. The minimum absolute atomic E-state index is 0.495. The molecule has 0 radical (unpaired) electrons. The molecule has 2 aliphatic rings. The molecule has 0 spiro atoms. The monoisotopic (exact) mass is 177 g/mol. The summed E-state index contributed by atoms with van der Waals surface area (Å²) in [6.45, 7) is 2.95. The number of anilines is 1. The zero-order valence-electron chi connectivity index (χ0n) is 7.44. The van der Waals surface area contributed by atoms with E-state index in [1.165, 1.54) is 6.33 Å². The van der Waals surface area contributed by atoms with Crippen molar-refractivity contribution in [3.63, 3.8) is 0 Å². The molecule has 0 aromatic carbocycles. The van der Waals surface area contributed by atoms with Crippen LogP contribution in [-0.2, 0) is 6.54 Å². The number of fused-ring (bicyclic) bond motifs is 1. The zero-order valence-corrected chi connectivity index (χ0v) is 7.44. The first kappa shape index (κ1) is 7.97. The van der Waals surface area contributed by atoms with Gasteiger partial charge in [-0.3, -0.25) is 0 Å². The van der Waals surface area contributed by atoms with Crippen molar-refractivity contribution >= 4 is 5.95 Å². The Kier molecular flexibility index (Phi) is 1.84. The highest BCUT2D eigenvalue weighted by atomic mass is 15.2. The summed E-state index contributed by atoms with van der Waals surface area (Å²) in [5.41, 5.74) is 6.51. The van der Waals surface area contributed by atoms with E-state index in [1.54, 1.807) is 0 Å². The maximum absolute atomic E-state index is 5.72. The Morgan fingerprint density at radius 1 is 1.46 bits per heavy atom. The van der Waals surface area contributed by atoms with Gasteiger partial charge in [-0.15, -0.1) is 0 Å². The summed E-state index contributed by atoms with van der Waals surface area (Å²) in [7, 11) is 0. The molecule has 13 heavy (non-hydrogen) atoms. The van der Waals surface area contributed by atoms with Gasteiger partial charge in [0.2, 0.25) is 5.95 Å². The lowest BCUT2D eigenvalue weighted by Gasteiger charge is -2.08. The third-order valence-electron chi connectivity index (χ3n) is 1.86. The number of hydrogen-bond donors (Lipinski definition) is 1. The van der Waals surface area contributed by atoms with E-state index in [9.17, 15) is 0 Å². The van der Waals surface area contributed by atoms with Crippen LogP contribution < -0.4 is 5.73 Å².